The van der Waals surface area contributed by atoms with Crippen LogP contribution >= 0.6 is 0 Å². The fourth-order valence-electron chi connectivity index (χ4n) is 7.01. The Labute approximate surface area is 217 Å². The third-order valence-electron chi connectivity index (χ3n) is 8.06. The minimum absolute atomic E-state index is 0. The predicted octanol–water partition coefficient (Wildman–Crippen LogP) is -2.69. The van der Waals surface area contributed by atoms with Crippen molar-refractivity contribution in [3.63, 3.8) is 0 Å². The van der Waals surface area contributed by atoms with Gasteiger partial charge in [0.15, 0.2) is 0 Å². The second-order valence-electron chi connectivity index (χ2n) is 10.7. The molecule has 4 nitrogen and oxygen atoms in total. The maximum Gasteiger partial charge on any atom is -1.00 e. The van der Waals surface area contributed by atoms with E-state index in [2.05, 4.69) is 105 Å². The predicted molar refractivity (Wildman–Crippen MR) is 120 cm³/mol. The fraction of sp³-hybridized carbons (Fsp3) is 0.720. The summed E-state index contributed by atoms with van der Waals surface area (Å²) in [6.07, 6.45) is 0. The third-order valence-corrected chi connectivity index (χ3v) is 9.14. The van der Waals surface area contributed by atoms with Gasteiger partial charge in [-0.15, -0.1) is 0 Å². The van der Waals surface area contributed by atoms with Gasteiger partial charge in [-0.3, -0.25) is 0 Å². The summed E-state index contributed by atoms with van der Waals surface area (Å²) < 4.78 is 1.49. The molecular weight excluding hydrogens is 528 g/mol. The van der Waals surface area contributed by atoms with E-state index in [9.17, 15) is 0 Å². The van der Waals surface area contributed by atoms with Crippen LogP contribution in [0.5, 0.6) is 0 Å². The Morgan fingerprint density at radius 2 is 1.00 bits per heavy atom. The SMILES string of the molecule is CC(C)N1CCN(C(C)C)C12[C](=[Ru+2])c1ccc3c(c12)C31N(C(C)C)CCN1C(C)C.[Cl-].[Cl-]. The maximum atomic E-state index is 3.04. The van der Waals surface area contributed by atoms with Gasteiger partial charge < -0.3 is 24.8 Å². The van der Waals surface area contributed by atoms with E-state index in [1.54, 1.807) is 16.7 Å². The molecule has 0 bridgehead atoms. The van der Waals surface area contributed by atoms with Crippen molar-refractivity contribution in [3.05, 3.63) is 34.4 Å². The minimum atomic E-state index is -0.0446. The molecule has 0 aromatic heterocycles. The average Bonchev–Trinajstić information content (AvgIpc) is 3.01. The van der Waals surface area contributed by atoms with Crippen LogP contribution < -0.4 is 24.8 Å². The normalized spacial score (nSPS) is 23.8. The molecule has 0 N–H and O–H groups in total. The summed E-state index contributed by atoms with van der Waals surface area (Å²) in [5.41, 5.74) is 6.28. The second kappa shape index (κ2) is 8.66. The van der Waals surface area contributed by atoms with Gasteiger partial charge in [-0.25, -0.2) is 0 Å². The largest absolute Gasteiger partial charge is 1.00 e. The van der Waals surface area contributed by atoms with E-state index in [0.717, 1.165) is 26.2 Å². The van der Waals surface area contributed by atoms with E-state index in [0.29, 0.717) is 24.2 Å². The van der Waals surface area contributed by atoms with Crippen LogP contribution in [-0.2, 0) is 29.2 Å². The minimum Gasteiger partial charge on any atom is -1.00 e. The molecule has 0 unspecified atom stereocenters. The molecular formula is C25H38Cl2N4Ru. The quantitative estimate of drug-likeness (QED) is 0.369. The van der Waals surface area contributed by atoms with E-state index in [4.69, 9.17) is 0 Å². The zero-order chi connectivity index (χ0) is 21.7. The Morgan fingerprint density at radius 1 is 0.625 bits per heavy atom. The summed E-state index contributed by atoms with van der Waals surface area (Å²) in [4.78, 5) is 11.1. The van der Waals surface area contributed by atoms with Gasteiger partial charge in [-0.1, -0.05) is 0 Å². The fourth-order valence-corrected chi connectivity index (χ4v) is 8.09. The van der Waals surface area contributed by atoms with Crippen LogP contribution in [-0.4, -0.2) is 74.1 Å². The van der Waals surface area contributed by atoms with E-state index in [1.807, 2.05) is 0 Å². The number of benzene rings is 1. The van der Waals surface area contributed by atoms with Gasteiger partial charge in [-0.05, 0) is 0 Å². The summed E-state index contributed by atoms with van der Waals surface area (Å²) >= 11 is 3.04. The van der Waals surface area contributed by atoms with Crippen molar-refractivity contribution in [1.82, 2.24) is 19.6 Å². The van der Waals surface area contributed by atoms with Gasteiger partial charge >= 0.3 is 193 Å². The van der Waals surface area contributed by atoms with Crippen molar-refractivity contribution >= 4 is 4.11 Å². The van der Waals surface area contributed by atoms with Gasteiger partial charge in [0, 0.05) is 0 Å². The van der Waals surface area contributed by atoms with Gasteiger partial charge in [0.25, 0.3) is 0 Å². The first-order valence-corrected chi connectivity index (χ1v) is 12.8. The van der Waals surface area contributed by atoms with Crippen molar-refractivity contribution in [1.29, 1.82) is 0 Å². The van der Waals surface area contributed by atoms with Crippen LogP contribution in [0.1, 0.15) is 77.6 Å². The number of halogens is 2. The molecule has 2 aliphatic heterocycles. The van der Waals surface area contributed by atoms with Gasteiger partial charge in [0.2, 0.25) is 0 Å². The zero-order valence-electron chi connectivity index (χ0n) is 20.7. The van der Waals surface area contributed by atoms with Crippen molar-refractivity contribution < 1.29 is 42.7 Å². The molecule has 0 saturated carbocycles. The van der Waals surface area contributed by atoms with Gasteiger partial charge in [-0.2, -0.15) is 0 Å². The summed E-state index contributed by atoms with van der Waals surface area (Å²) in [5.74, 6) is 0. The van der Waals surface area contributed by atoms with Crippen molar-refractivity contribution in [2.24, 2.45) is 0 Å². The number of rotatable bonds is 4. The number of fused-ring (bicyclic) bond motifs is 6. The second-order valence-corrected chi connectivity index (χ2v) is 11.6. The van der Waals surface area contributed by atoms with Crippen molar-refractivity contribution in [3.8, 4) is 0 Å². The first kappa shape index (κ1) is 26.7. The summed E-state index contributed by atoms with van der Waals surface area (Å²) in [5, 5.41) is 0. The van der Waals surface area contributed by atoms with Gasteiger partial charge in [0.05, 0.1) is 0 Å². The van der Waals surface area contributed by atoms with Gasteiger partial charge in [0.1, 0.15) is 0 Å². The standard InChI is InChI=1S/C25H38N4.2ClH.Ru/c1-16(2)26-11-12-27(17(3)4)24(26)15-20-9-10-21-23(22(20)24)25(21)28(18(5)6)13-14-29(25)19(7)8;;;/h9-10,16-19H,11-14H2,1-8H3;2*1H;/q;;;+2/p-2. The van der Waals surface area contributed by atoms with Crippen LogP contribution in [0.25, 0.3) is 0 Å². The first-order chi connectivity index (χ1) is 14.1. The molecule has 2 aliphatic carbocycles. The van der Waals surface area contributed by atoms with Crippen LogP contribution in [0.3, 0.4) is 0 Å². The molecule has 0 radical (unpaired) electrons. The van der Waals surface area contributed by atoms with Crippen LogP contribution in [0, 0.1) is 0 Å². The molecule has 32 heavy (non-hydrogen) atoms. The molecule has 2 saturated heterocycles. The molecule has 7 heteroatoms. The topological polar surface area (TPSA) is 13.0 Å². The van der Waals surface area contributed by atoms with Crippen molar-refractivity contribution in [2.75, 3.05) is 26.2 Å². The Balaban J connectivity index is 0.00000144. The molecule has 180 valence electrons. The number of hydrogen-bond acceptors (Lipinski definition) is 4. The zero-order valence-corrected chi connectivity index (χ0v) is 23.9. The van der Waals surface area contributed by atoms with E-state index < -0.39 is 0 Å². The van der Waals surface area contributed by atoms with Crippen LogP contribution in [0.15, 0.2) is 12.1 Å². The summed E-state index contributed by atoms with van der Waals surface area (Å²) in [7, 11) is 0. The molecule has 1 aromatic carbocycles. The molecule has 0 amide bonds. The summed E-state index contributed by atoms with van der Waals surface area (Å²) in [6, 6.07) is 6.99. The Hall–Kier alpha value is 0.133. The van der Waals surface area contributed by atoms with E-state index in [1.165, 1.54) is 9.67 Å². The van der Waals surface area contributed by atoms with Crippen molar-refractivity contribution in [2.45, 2.75) is 90.9 Å². The molecule has 2 fully saturated rings. The first-order valence-electron chi connectivity index (χ1n) is 11.9. The van der Waals surface area contributed by atoms with E-state index >= 15 is 0 Å². The number of hydrogen-bond donors (Lipinski definition) is 0. The van der Waals surface area contributed by atoms with Crippen LogP contribution in [0.4, 0.5) is 0 Å². The molecule has 4 aliphatic rings. The maximum absolute atomic E-state index is 3.04. The monoisotopic (exact) mass is 566 g/mol. The number of nitrogens with zero attached hydrogens (tertiary/aromatic N) is 4. The molecule has 0 atom stereocenters. The Kier molecular flexibility index (Phi) is 7.24. The molecule has 2 heterocycles. The summed E-state index contributed by atoms with van der Waals surface area (Å²) in [6.45, 7) is 23.6. The van der Waals surface area contributed by atoms with E-state index in [-0.39, 0.29) is 36.1 Å². The average molecular weight is 567 g/mol. The third kappa shape index (κ3) is 2.95. The molecule has 5 rings (SSSR count). The molecule has 2 spiro atoms. The smallest absolute Gasteiger partial charge is 1.00 e. The Morgan fingerprint density at radius 3 is 1.38 bits per heavy atom. The van der Waals surface area contributed by atoms with Crippen LogP contribution in [0.2, 0.25) is 0 Å². The Bertz CT molecular complexity index is 881. The molecule has 1 aromatic rings.